The van der Waals surface area contributed by atoms with Crippen LogP contribution in [0, 0.1) is 5.92 Å². The first-order valence-electron chi connectivity index (χ1n) is 7.49. The third-order valence-corrected chi connectivity index (χ3v) is 4.59. The fraction of sp³-hybridized carbons (Fsp3) is 0.647. The van der Waals surface area contributed by atoms with Gasteiger partial charge in [0.05, 0.1) is 5.60 Å². The minimum atomic E-state index is -0.771. The Morgan fingerprint density at radius 3 is 2.47 bits per heavy atom. The number of nitrogens with zero attached hydrogens (tertiary/aromatic N) is 1. The summed E-state index contributed by atoms with van der Waals surface area (Å²) in [7, 11) is 2.16. The molecule has 1 aliphatic carbocycles. The van der Waals surface area contributed by atoms with Crippen molar-refractivity contribution in [1.82, 2.24) is 4.90 Å². The highest BCUT2D eigenvalue weighted by molar-refractivity contribution is 5.21. The van der Waals surface area contributed by atoms with E-state index in [1.54, 1.807) is 0 Å². The molecule has 1 saturated carbocycles. The Kier molecular flexibility index (Phi) is 4.64. The SMILES string of the molecule is CC1CCCCC1N(C)CC(C)(O)c1ccccc1. The summed E-state index contributed by atoms with van der Waals surface area (Å²) >= 11 is 0. The van der Waals surface area contributed by atoms with E-state index in [-0.39, 0.29) is 0 Å². The lowest BCUT2D eigenvalue weighted by atomic mass is 9.84. The van der Waals surface area contributed by atoms with Crippen LogP contribution in [0.3, 0.4) is 0 Å². The van der Waals surface area contributed by atoms with Crippen molar-refractivity contribution in [3.05, 3.63) is 35.9 Å². The van der Waals surface area contributed by atoms with Gasteiger partial charge in [-0.15, -0.1) is 0 Å². The predicted octanol–water partition coefficient (Wildman–Crippen LogP) is 3.40. The van der Waals surface area contributed by atoms with Crippen molar-refractivity contribution in [2.45, 2.75) is 51.2 Å². The van der Waals surface area contributed by atoms with Crippen molar-refractivity contribution in [3.63, 3.8) is 0 Å². The Labute approximate surface area is 117 Å². The van der Waals surface area contributed by atoms with E-state index >= 15 is 0 Å². The minimum absolute atomic E-state index is 0.615. The zero-order chi connectivity index (χ0) is 13.9. The van der Waals surface area contributed by atoms with Gasteiger partial charge in [-0.05, 0) is 38.3 Å². The van der Waals surface area contributed by atoms with E-state index < -0.39 is 5.60 Å². The van der Waals surface area contributed by atoms with Crippen LogP contribution >= 0.6 is 0 Å². The van der Waals surface area contributed by atoms with Gasteiger partial charge in [0.1, 0.15) is 0 Å². The summed E-state index contributed by atoms with van der Waals surface area (Å²) in [6.45, 7) is 4.97. The molecule has 0 amide bonds. The number of rotatable bonds is 4. The van der Waals surface area contributed by atoms with E-state index in [4.69, 9.17) is 0 Å². The quantitative estimate of drug-likeness (QED) is 0.898. The van der Waals surface area contributed by atoms with Crippen LogP contribution < -0.4 is 0 Å². The van der Waals surface area contributed by atoms with E-state index in [0.717, 1.165) is 11.5 Å². The Hall–Kier alpha value is -0.860. The van der Waals surface area contributed by atoms with E-state index in [9.17, 15) is 5.11 Å². The normalized spacial score (nSPS) is 27.2. The average Bonchev–Trinajstić information content (AvgIpc) is 2.39. The number of hydrogen-bond acceptors (Lipinski definition) is 2. The molecule has 3 unspecified atom stereocenters. The molecule has 1 aromatic rings. The molecule has 2 heteroatoms. The Balaban J connectivity index is 2.03. The smallest absolute Gasteiger partial charge is 0.0994 e. The topological polar surface area (TPSA) is 23.5 Å². The van der Waals surface area contributed by atoms with Crippen LogP contribution in [0.25, 0.3) is 0 Å². The summed E-state index contributed by atoms with van der Waals surface area (Å²) in [5, 5.41) is 10.7. The molecule has 1 N–H and O–H groups in total. The minimum Gasteiger partial charge on any atom is -0.384 e. The molecule has 19 heavy (non-hydrogen) atoms. The summed E-state index contributed by atoms with van der Waals surface area (Å²) < 4.78 is 0. The van der Waals surface area contributed by atoms with Gasteiger partial charge in [0, 0.05) is 12.6 Å². The molecule has 1 aliphatic rings. The second kappa shape index (κ2) is 6.06. The molecule has 0 bridgehead atoms. The van der Waals surface area contributed by atoms with Gasteiger partial charge >= 0.3 is 0 Å². The first kappa shape index (κ1) is 14.5. The van der Waals surface area contributed by atoms with E-state index in [2.05, 4.69) is 18.9 Å². The van der Waals surface area contributed by atoms with Crippen molar-refractivity contribution >= 4 is 0 Å². The molecular formula is C17H27NO. The number of hydrogen-bond donors (Lipinski definition) is 1. The third kappa shape index (κ3) is 3.58. The number of aliphatic hydroxyl groups is 1. The van der Waals surface area contributed by atoms with Crippen molar-refractivity contribution in [1.29, 1.82) is 0 Å². The van der Waals surface area contributed by atoms with Crippen LogP contribution in [0.2, 0.25) is 0 Å². The first-order valence-corrected chi connectivity index (χ1v) is 7.49. The molecule has 3 atom stereocenters. The molecule has 1 fully saturated rings. The number of benzene rings is 1. The van der Waals surface area contributed by atoms with Crippen molar-refractivity contribution in [3.8, 4) is 0 Å². The highest BCUT2D eigenvalue weighted by atomic mass is 16.3. The van der Waals surface area contributed by atoms with E-state index in [0.29, 0.717) is 12.6 Å². The summed E-state index contributed by atoms with van der Waals surface area (Å²) in [5.74, 6) is 0.741. The van der Waals surface area contributed by atoms with Gasteiger partial charge in [-0.1, -0.05) is 50.1 Å². The second-order valence-electron chi connectivity index (χ2n) is 6.38. The fourth-order valence-electron chi connectivity index (χ4n) is 3.44. The molecule has 0 saturated heterocycles. The van der Waals surface area contributed by atoms with Crippen LogP contribution in [-0.2, 0) is 5.60 Å². The first-order chi connectivity index (χ1) is 9.00. The molecule has 0 spiro atoms. The van der Waals surface area contributed by atoms with Crippen LogP contribution in [0.5, 0.6) is 0 Å². The second-order valence-corrected chi connectivity index (χ2v) is 6.38. The van der Waals surface area contributed by atoms with Gasteiger partial charge in [0.2, 0.25) is 0 Å². The van der Waals surface area contributed by atoms with Gasteiger partial charge in [-0.25, -0.2) is 0 Å². The van der Waals surface area contributed by atoms with Crippen molar-refractivity contribution < 1.29 is 5.11 Å². The van der Waals surface area contributed by atoms with Crippen LogP contribution in [-0.4, -0.2) is 29.6 Å². The molecule has 0 radical (unpaired) electrons. The summed E-state index contributed by atoms with van der Waals surface area (Å²) in [6, 6.07) is 10.6. The van der Waals surface area contributed by atoms with E-state index in [1.807, 2.05) is 37.3 Å². The van der Waals surface area contributed by atoms with E-state index in [1.165, 1.54) is 25.7 Å². The molecule has 2 nitrogen and oxygen atoms in total. The zero-order valence-electron chi connectivity index (χ0n) is 12.5. The third-order valence-electron chi connectivity index (χ3n) is 4.59. The molecule has 0 heterocycles. The highest BCUT2D eigenvalue weighted by Crippen LogP contribution is 2.30. The molecule has 0 aliphatic heterocycles. The maximum absolute atomic E-state index is 10.7. The molecule has 0 aromatic heterocycles. The average molecular weight is 261 g/mol. The maximum atomic E-state index is 10.7. The monoisotopic (exact) mass is 261 g/mol. The zero-order valence-corrected chi connectivity index (χ0v) is 12.5. The molecule has 2 rings (SSSR count). The molecular weight excluding hydrogens is 234 g/mol. The lowest BCUT2D eigenvalue weighted by molar-refractivity contribution is -0.00215. The largest absolute Gasteiger partial charge is 0.384 e. The lowest BCUT2D eigenvalue weighted by Gasteiger charge is -2.39. The summed E-state index contributed by atoms with van der Waals surface area (Å²) in [4.78, 5) is 2.36. The van der Waals surface area contributed by atoms with Crippen LogP contribution in [0.1, 0.15) is 45.1 Å². The van der Waals surface area contributed by atoms with Gasteiger partial charge in [-0.2, -0.15) is 0 Å². The van der Waals surface area contributed by atoms with Gasteiger partial charge < -0.3 is 5.11 Å². The lowest BCUT2D eigenvalue weighted by Crippen LogP contribution is -2.45. The van der Waals surface area contributed by atoms with Crippen LogP contribution in [0.4, 0.5) is 0 Å². The maximum Gasteiger partial charge on any atom is 0.0994 e. The molecule has 106 valence electrons. The van der Waals surface area contributed by atoms with Crippen molar-refractivity contribution in [2.24, 2.45) is 5.92 Å². The van der Waals surface area contributed by atoms with Gasteiger partial charge in [0.25, 0.3) is 0 Å². The standard InChI is InChI=1S/C17H27NO/c1-14-9-7-8-12-16(14)18(3)13-17(2,19)15-10-5-4-6-11-15/h4-6,10-11,14,16,19H,7-9,12-13H2,1-3H3. The Bertz CT molecular complexity index is 388. The highest BCUT2D eigenvalue weighted by Gasteiger charge is 2.31. The molecule has 1 aromatic carbocycles. The number of likely N-dealkylation sites (N-methyl/N-ethyl adjacent to an activating group) is 1. The van der Waals surface area contributed by atoms with Gasteiger partial charge in [-0.3, -0.25) is 4.90 Å². The van der Waals surface area contributed by atoms with Crippen molar-refractivity contribution in [2.75, 3.05) is 13.6 Å². The summed E-state index contributed by atoms with van der Waals surface area (Å²) in [6.07, 6.45) is 5.28. The predicted molar refractivity (Wildman–Crippen MR) is 80.1 cm³/mol. The Morgan fingerprint density at radius 1 is 1.21 bits per heavy atom. The fourth-order valence-corrected chi connectivity index (χ4v) is 3.44. The van der Waals surface area contributed by atoms with Crippen LogP contribution in [0.15, 0.2) is 30.3 Å². The van der Waals surface area contributed by atoms with Gasteiger partial charge in [0.15, 0.2) is 0 Å². The summed E-state index contributed by atoms with van der Waals surface area (Å²) in [5.41, 5.74) is 0.234. The Morgan fingerprint density at radius 2 is 1.84 bits per heavy atom.